The van der Waals surface area contributed by atoms with Gasteiger partial charge in [0.25, 0.3) is 0 Å². The van der Waals surface area contributed by atoms with E-state index in [1.807, 2.05) is 19.9 Å². The Balaban J connectivity index is 2.13. The van der Waals surface area contributed by atoms with Crippen molar-refractivity contribution in [3.8, 4) is 11.5 Å². The molecule has 0 aliphatic heterocycles. The number of rotatable bonds is 5. The van der Waals surface area contributed by atoms with Gasteiger partial charge in [-0.2, -0.15) is 0 Å². The Morgan fingerprint density at radius 2 is 1.81 bits per heavy atom. The second kappa shape index (κ2) is 7.12. The summed E-state index contributed by atoms with van der Waals surface area (Å²) in [5.74, 6) is 0.0737. The summed E-state index contributed by atoms with van der Waals surface area (Å²) >= 11 is 11.8. The van der Waals surface area contributed by atoms with Gasteiger partial charge in [-0.25, -0.2) is 4.39 Å². The number of benzene rings is 2. The fraction of sp³-hybridized carbons (Fsp3) is 0.250. The molecular weight excluding hydrogens is 312 g/mol. The summed E-state index contributed by atoms with van der Waals surface area (Å²) in [6.07, 6.45) is 0. The highest BCUT2D eigenvalue weighted by Gasteiger charge is 2.09. The van der Waals surface area contributed by atoms with Gasteiger partial charge in [-0.05, 0) is 35.9 Å². The molecule has 0 spiro atoms. The third-order valence-electron chi connectivity index (χ3n) is 2.82. The Labute approximate surface area is 133 Å². The second-order valence-corrected chi connectivity index (χ2v) is 5.82. The standard InChI is InChI=1S/C16H16Cl2FNO/c1-10(2)20-9-11-3-5-16(14(19)7-11)21-15-6-4-12(17)8-13(15)18/h3-8,10,20H,9H2,1-2H3. The Bertz CT molecular complexity index is 632. The minimum atomic E-state index is -0.427. The lowest BCUT2D eigenvalue weighted by molar-refractivity contribution is 0.441. The molecule has 0 amide bonds. The number of nitrogens with one attached hydrogen (secondary N) is 1. The van der Waals surface area contributed by atoms with Crippen molar-refractivity contribution >= 4 is 23.2 Å². The van der Waals surface area contributed by atoms with Crippen molar-refractivity contribution in [1.29, 1.82) is 0 Å². The monoisotopic (exact) mass is 327 g/mol. The van der Waals surface area contributed by atoms with Crippen LogP contribution in [0.5, 0.6) is 11.5 Å². The molecule has 0 atom stereocenters. The Morgan fingerprint density at radius 3 is 2.43 bits per heavy atom. The molecule has 0 fully saturated rings. The number of ether oxygens (including phenoxy) is 1. The lowest BCUT2D eigenvalue weighted by Crippen LogP contribution is -2.21. The predicted molar refractivity (Wildman–Crippen MR) is 84.9 cm³/mol. The Kier molecular flexibility index (Phi) is 5.45. The van der Waals surface area contributed by atoms with Crippen LogP contribution in [0.25, 0.3) is 0 Å². The van der Waals surface area contributed by atoms with Gasteiger partial charge in [-0.15, -0.1) is 0 Å². The van der Waals surface area contributed by atoms with Crippen LogP contribution in [0.2, 0.25) is 10.0 Å². The van der Waals surface area contributed by atoms with Gasteiger partial charge < -0.3 is 10.1 Å². The van der Waals surface area contributed by atoms with Gasteiger partial charge >= 0.3 is 0 Å². The molecule has 2 rings (SSSR count). The molecule has 0 aliphatic carbocycles. The van der Waals surface area contributed by atoms with Crippen LogP contribution >= 0.6 is 23.2 Å². The third-order valence-corrected chi connectivity index (χ3v) is 3.36. The summed E-state index contributed by atoms with van der Waals surface area (Å²) in [6.45, 7) is 4.68. The van der Waals surface area contributed by atoms with Crippen molar-refractivity contribution in [2.45, 2.75) is 26.4 Å². The second-order valence-electron chi connectivity index (χ2n) is 4.98. The van der Waals surface area contributed by atoms with Gasteiger partial charge in [-0.1, -0.05) is 43.1 Å². The molecule has 0 radical (unpaired) electrons. The molecule has 5 heteroatoms. The molecule has 0 bridgehead atoms. The summed E-state index contributed by atoms with van der Waals surface area (Å²) in [6, 6.07) is 10.0. The average molecular weight is 328 g/mol. The minimum absolute atomic E-state index is 0.132. The first-order valence-corrected chi connectivity index (χ1v) is 7.36. The smallest absolute Gasteiger partial charge is 0.166 e. The lowest BCUT2D eigenvalue weighted by Gasteiger charge is -2.11. The first-order chi connectivity index (χ1) is 9.95. The highest BCUT2D eigenvalue weighted by molar-refractivity contribution is 6.35. The zero-order chi connectivity index (χ0) is 15.4. The van der Waals surface area contributed by atoms with E-state index in [1.54, 1.807) is 24.3 Å². The number of halogens is 3. The normalized spacial score (nSPS) is 11.0. The Hall–Kier alpha value is -1.29. The zero-order valence-corrected chi connectivity index (χ0v) is 13.3. The SMILES string of the molecule is CC(C)NCc1ccc(Oc2ccc(Cl)cc2Cl)c(F)c1. The first kappa shape index (κ1) is 16.1. The van der Waals surface area contributed by atoms with Crippen LogP contribution in [0, 0.1) is 5.82 Å². The van der Waals surface area contributed by atoms with E-state index in [9.17, 15) is 4.39 Å². The highest BCUT2D eigenvalue weighted by atomic mass is 35.5. The van der Waals surface area contributed by atoms with Crippen LogP contribution in [0.3, 0.4) is 0 Å². The van der Waals surface area contributed by atoms with E-state index < -0.39 is 5.82 Å². The molecule has 2 aromatic carbocycles. The largest absolute Gasteiger partial charge is 0.453 e. The molecule has 0 aliphatic rings. The van der Waals surface area contributed by atoms with Gasteiger partial charge in [0.2, 0.25) is 0 Å². The van der Waals surface area contributed by atoms with E-state index in [-0.39, 0.29) is 5.75 Å². The van der Waals surface area contributed by atoms with Gasteiger partial charge in [0, 0.05) is 17.6 Å². The van der Waals surface area contributed by atoms with Crippen molar-refractivity contribution in [1.82, 2.24) is 5.32 Å². The Morgan fingerprint density at radius 1 is 1.10 bits per heavy atom. The molecule has 2 nitrogen and oxygen atoms in total. The van der Waals surface area contributed by atoms with E-state index >= 15 is 0 Å². The maximum Gasteiger partial charge on any atom is 0.166 e. The fourth-order valence-corrected chi connectivity index (χ4v) is 2.18. The molecule has 0 heterocycles. The van der Waals surface area contributed by atoms with Gasteiger partial charge in [0.05, 0.1) is 5.02 Å². The molecule has 2 aromatic rings. The molecule has 0 aromatic heterocycles. The van der Waals surface area contributed by atoms with Gasteiger partial charge in [0.15, 0.2) is 11.6 Å². The van der Waals surface area contributed by atoms with Crippen LogP contribution < -0.4 is 10.1 Å². The van der Waals surface area contributed by atoms with Crippen molar-refractivity contribution in [3.05, 3.63) is 57.8 Å². The van der Waals surface area contributed by atoms with Gasteiger partial charge in [-0.3, -0.25) is 0 Å². The molecule has 0 saturated heterocycles. The molecule has 0 saturated carbocycles. The van der Waals surface area contributed by atoms with E-state index in [0.717, 1.165) is 5.56 Å². The first-order valence-electron chi connectivity index (χ1n) is 6.60. The maximum atomic E-state index is 14.0. The zero-order valence-electron chi connectivity index (χ0n) is 11.8. The van der Waals surface area contributed by atoms with Crippen LogP contribution in [0.15, 0.2) is 36.4 Å². The third kappa shape index (κ3) is 4.60. The molecule has 21 heavy (non-hydrogen) atoms. The van der Waals surface area contributed by atoms with Crippen LogP contribution in [-0.4, -0.2) is 6.04 Å². The van der Waals surface area contributed by atoms with Crippen molar-refractivity contribution < 1.29 is 9.13 Å². The van der Waals surface area contributed by atoms with Crippen molar-refractivity contribution in [2.75, 3.05) is 0 Å². The lowest BCUT2D eigenvalue weighted by atomic mass is 10.2. The highest BCUT2D eigenvalue weighted by Crippen LogP contribution is 2.32. The van der Waals surface area contributed by atoms with E-state index in [0.29, 0.717) is 28.4 Å². The van der Waals surface area contributed by atoms with Crippen LogP contribution in [0.1, 0.15) is 19.4 Å². The maximum absolute atomic E-state index is 14.0. The predicted octanol–water partition coefficient (Wildman–Crippen LogP) is 5.42. The van der Waals surface area contributed by atoms with Crippen LogP contribution in [0.4, 0.5) is 4.39 Å². The topological polar surface area (TPSA) is 21.3 Å². The number of hydrogen-bond donors (Lipinski definition) is 1. The quantitative estimate of drug-likeness (QED) is 0.791. The summed E-state index contributed by atoms with van der Waals surface area (Å²) in [5, 5.41) is 4.07. The summed E-state index contributed by atoms with van der Waals surface area (Å²) in [5.41, 5.74) is 0.857. The minimum Gasteiger partial charge on any atom is -0.453 e. The van der Waals surface area contributed by atoms with E-state index in [4.69, 9.17) is 27.9 Å². The number of hydrogen-bond acceptors (Lipinski definition) is 2. The van der Waals surface area contributed by atoms with E-state index in [2.05, 4.69) is 5.32 Å². The van der Waals surface area contributed by atoms with Gasteiger partial charge in [0.1, 0.15) is 5.75 Å². The average Bonchev–Trinajstić information content (AvgIpc) is 2.42. The molecule has 112 valence electrons. The van der Waals surface area contributed by atoms with Crippen molar-refractivity contribution in [2.24, 2.45) is 0 Å². The molecular formula is C16H16Cl2FNO. The summed E-state index contributed by atoms with van der Waals surface area (Å²) < 4.78 is 19.5. The summed E-state index contributed by atoms with van der Waals surface area (Å²) in [4.78, 5) is 0. The van der Waals surface area contributed by atoms with Crippen LogP contribution in [-0.2, 0) is 6.54 Å². The molecule has 1 N–H and O–H groups in total. The molecule has 0 unspecified atom stereocenters. The summed E-state index contributed by atoms with van der Waals surface area (Å²) in [7, 11) is 0. The van der Waals surface area contributed by atoms with Crippen molar-refractivity contribution in [3.63, 3.8) is 0 Å². The van der Waals surface area contributed by atoms with E-state index in [1.165, 1.54) is 6.07 Å². The fourth-order valence-electron chi connectivity index (χ4n) is 1.74.